The predicted octanol–water partition coefficient (Wildman–Crippen LogP) is 3.24. The quantitative estimate of drug-likeness (QED) is 0.880. The summed E-state index contributed by atoms with van der Waals surface area (Å²) in [5.41, 5.74) is 1.49. The van der Waals surface area contributed by atoms with Gasteiger partial charge in [-0.2, -0.15) is 0 Å². The molecule has 0 aliphatic heterocycles. The molecule has 0 aromatic heterocycles. The third-order valence-electron chi connectivity index (χ3n) is 2.32. The lowest BCUT2D eigenvalue weighted by molar-refractivity contribution is 0.0534. The Kier molecular flexibility index (Phi) is 4.98. The molecule has 2 N–H and O–H groups in total. The van der Waals surface area contributed by atoms with E-state index in [0.717, 1.165) is 11.1 Å². The summed E-state index contributed by atoms with van der Waals surface area (Å²) in [6.45, 7) is 7.79. The smallest absolute Gasteiger partial charge is 0.407 e. The largest absolute Gasteiger partial charge is 0.508 e. The fourth-order valence-corrected chi connectivity index (χ4v) is 1.45. The van der Waals surface area contributed by atoms with Crippen molar-refractivity contribution >= 4 is 12.2 Å². The predicted molar refractivity (Wildman–Crippen MR) is 76.1 cm³/mol. The molecule has 1 aromatic carbocycles. The van der Waals surface area contributed by atoms with Gasteiger partial charge in [0, 0.05) is 6.54 Å². The molecule has 0 bridgehead atoms. The molecule has 1 amide bonds. The van der Waals surface area contributed by atoms with Crippen LogP contribution in [0, 0.1) is 6.92 Å². The molecule has 0 saturated carbocycles. The lowest BCUT2D eigenvalue weighted by atomic mass is 10.1. The minimum atomic E-state index is -0.490. The van der Waals surface area contributed by atoms with Crippen LogP contribution in [0.15, 0.2) is 24.3 Å². The summed E-state index contributed by atoms with van der Waals surface area (Å²) < 4.78 is 5.11. The molecule has 0 unspecified atom stereocenters. The first-order valence-electron chi connectivity index (χ1n) is 6.21. The molecular weight excluding hydrogens is 242 g/mol. The van der Waals surface area contributed by atoms with Gasteiger partial charge in [0.05, 0.1) is 0 Å². The molecule has 0 fully saturated rings. The van der Waals surface area contributed by atoms with Gasteiger partial charge in [-0.1, -0.05) is 18.2 Å². The van der Waals surface area contributed by atoms with Crippen LogP contribution in [0.2, 0.25) is 0 Å². The number of phenols is 1. The fourth-order valence-electron chi connectivity index (χ4n) is 1.45. The maximum atomic E-state index is 11.4. The number of benzene rings is 1. The number of amides is 1. The van der Waals surface area contributed by atoms with E-state index in [0.29, 0.717) is 6.54 Å². The van der Waals surface area contributed by atoms with Gasteiger partial charge in [-0.15, -0.1) is 0 Å². The molecule has 4 nitrogen and oxygen atoms in total. The number of rotatable bonds is 3. The average molecular weight is 263 g/mol. The number of hydrogen-bond acceptors (Lipinski definition) is 3. The van der Waals surface area contributed by atoms with E-state index in [4.69, 9.17) is 4.74 Å². The van der Waals surface area contributed by atoms with Crippen LogP contribution in [0.1, 0.15) is 31.9 Å². The first-order chi connectivity index (χ1) is 8.78. The van der Waals surface area contributed by atoms with Crippen molar-refractivity contribution in [1.29, 1.82) is 0 Å². The van der Waals surface area contributed by atoms with Crippen molar-refractivity contribution in [3.63, 3.8) is 0 Å². The Labute approximate surface area is 114 Å². The van der Waals surface area contributed by atoms with Crippen molar-refractivity contribution in [1.82, 2.24) is 5.32 Å². The Morgan fingerprint density at radius 1 is 1.42 bits per heavy atom. The van der Waals surface area contributed by atoms with Gasteiger partial charge < -0.3 is 15.2 Å². The fraction of sp³-hybridized carbons (Fsp3) is 0.400. The average Bonchev–Trinajstić information content (AvgIpc) is 2.26. The molecule has 0 atom stereocenters. The molecule has 1 aromatic rings. The van der Waals surface area contributed by atoms with Gasteiger partial charge in [-0.3, -0.25) is 0 Å². The van der Waals surface area contributed by atoms with Crippen LogP contribution in [0.25, 0.3) is 6.08 Å². The Bertz CT molecular complexity index is 473. The summed E-state index contributed by atoms with van der Waals surface area (Å²) in [7, 11) is 0. The van der Waals surface area contributed by atoms with Crippen molar-refractivity contribution < 1.29 is 14.6 Å². The number of aryl methyl sites for hydroxylation is 1. The second-order valence-corrected chi connectivity index (χ2v) is 5.33. The highest BCUT2D eigenvalue weighted by molar-refractivity contribution is 5.68. The van der Waals surface area contributed by atoms with Gasteiger partial charge >= 0.3 is 6.09 Å². The van der Waals surface area contributed by atoms with E-state index >= 15 is 0 Å². The zero-order chi connectivity index (χ0) is 14.5. The lowest BCUT2D eigenvalue weighted by Gasteiger charge is -2.19. The molecule has 19 heavy (non-hydrogen) atoms. The van der Waals surface area contributed by atoms with Gasteiger partial charge in [0.25, 0.3) is 0 Å². The van der Waals surface area contributed by atoms with Gasteiger partial charge in [-0.05, 0) is 51.0 Å². The summed E-state index contributed by atoms with van der Waals surface area (Å²) in [5, 5.41) is 12.0. The van der Waals surface area contributed by atoms with E-state index in [9.17, 15) is 9.90 Å². The molecule has 104 valence electrons. The number of carbonyl (C=O) groups excluding carboxylic acids is 1. The van der Waals surface area contributed by atoms with E-state index in [2.05, 4.69) is 5.32 Å². The van der Waals surface area contributed by atoms with Gasteiger partial charge in [0.15, 0.2) is 0 Å². The van der Waals surface area contributed by atoms with Crippen LogP contribution in [0.4, 0.5) is 4.79 Å². The number of ether oxygens (including phenoxy) is 1. The molecule has 0 saturated heterocycles. The van der Waals surface area contributed by atoms with E-state index in [1.807, 2.05) is 45.9 Å². The first-order valence-corrected chi connectivity index (χ1v) is 6.21. The van der Waals surface area contributed by atoms with Crippen molar-refractivity contribution in [3.05, 3.63) is 35.4 Å². The molecular formula is C15H21NO3. The van der Waals surface area contributed by atoms with E-state index in [-0.39, 0.29) is 5.75 Å². The monoisotopic (exact) mass is 263 g/mol. The molecule has 1 rings (SSSR count). The third-order valence-corrected chi connectivity index (χ3v) is 2.32. The zero-order valence-corrected chi connectivity index (χ0v) is 11.9. The standard InChI is InChI=1S/C15H21NO3/c1-11-7-8-13(17)10-12(11)6-5-9-16-14(18)19-15(2,3)4/h5-8,10,17H,9H2,1-4H3,(H,16,18). The topological polar surface area (TPSA) is 58.6 Å². The Balaban J connectivity index is 2.47. The normalized spacial score (nSPS) is 11.6. The minimum absolute atomic E-state index is 0.227. The number of nitrogens with one attached hydrogen (secondary N) is 1. The van der Waals surface area contributed by atoms with Crippen LogP contribution in [-0.4, -0.2) is 23.3 Å². The highest BCUT2D eigenvalue weighted by Crippen LogP contribution is 2.16. The lowest BCUT2D eigenvalue weighted by Crippen LogP contribution is -2.32. The number of alkyl carbamates (subject to hydrolysis) is 1. The van der Waals surface area contributed by atoms with Gasteiger partial charge in [-0.25, -0.2) is 4.79 Å². The zero-order valence-electron chi connectivity index (χ0n) is 11.9. The molecule has 0 spiro atoms. The van der Waals surface area contributed by atoms with Gasteiger partial charge in [0.1, 0.15) is 11.4 Å². The Morgan fingerprint density at radius 3 is 2.74 bits per heavy atom. The Morgan fingerprint density at radius 2 is 2.11 bits per heavy atom. The highest BCUT2D eigenvalue weighted by Gasteiger charge is 2.14. The maximum absolute atomic E-state index is 11.4. The van der Waals surface area contributed by atoms with Crippen molar-refractivity contribution in [2.75, 3.05) is 6.54 Å². The number of aromatic hydroxyl groups is 1. The van der Waals surface area contributed by atoms with Gasteiger partial charge in [0.2, 0.25) is 0 Å². The summed E-state index contributed by atoms with van der Waals surface area (Å²) in [6, 6.07) is 5.17. The molecule has 4 heteroatoms. The molecule has 0 heterocycles. The first kappa shape index (κ1) is 15.1. The minimum Gasteiger partial charge on any atom is -0.508 e. The van der Waals surface area contributed by atoms with E-state index in [1.165, 1.54) is 0 Å². The number of phenolic OH excluding ortho intramolecular Hbond substituents is 1. The number of hydrogen-bond donors (Lipinski definition) is 2. The summed E-state index contributed by atoms with van der Waals surface area (Å²) in [6.07, 6.45) is 3.22. The summed E-state index contributed by atoms with van der Waals surface area (Å²) >= 11 is 0. The van der Waals surface area contributed by atoms with Crippen LogP contribution >= 0.6 is 0 Å². The van der Waals surface area contributed by atoms with Crippen molar-refractivity contribution in [2.45, 2.75) is 33.3 Å². The molecule has 0 radical (unpaired) electrons. The third kappa shape index (κ3) is 5.95. The van der Waals surface area contributed by atoms with Crippen LogP contribution in [-0.2, 0) is 4.74 Å². The second kappa shape index (κ2) is 6.27. The highest BCUT2D eigenvalue weighted by atomic mass is 16.6. The maximum Gasteiger partial charge on any atom is 0.407 e. The van der Waals surface area contributed by atoms with Crippen LogP contribution in [0.5, 0.6) is 5.75 Å². The summed E-state index contributed by atoms with van der Waals surface area (Å²) in [5.74, 6) is 0.227. The van der Waals surface area contributed by atoms with E-state index < -0.39 is 11.7 Å². The van der Waals surface area contributed by atoms with E-state index in [1.54, 1.807) is 12.1 Å². The Hall–Kier alpha value is -1.97. The SMILES string of the molecule is Cc1ccc(O)cc1C=CCNC(=O)OC(C)(C)C. The van der Waals surface area contributed by atoms with Crippen LogP contribution < -0.4 is 5.32 Å². The second-order valence-electron chi connectivity index (χ2n) is 5.33. The van der Waals surface area contributed by atoms with Crippen LogP contribution in [0.3, 0.4) is 0 Å². The summed E-state index contributed by atoms with van der Waals surface area (Å²) in [4.78, 5) is 11.4. The number of carbonyl (C=O) groups is 1. The van der Waals surface area contributed by atoms with Crippen molar-refractivity contribution in [3.8, 4) is 5.75 Å². The van der Waals surface area contributed by atoms with Crippen molar-refractivity contribution in [2.24, 2.45) is 0 Å². The molecule has 0 aliphatic rings. The molecule has 0 aliphatic carbocycles.